The largest absolute Gasteiger partial charge is 0.354 e. The molecule has 0 aromatic carbocycles. The molecule has 1 aliphatic rings. The van der Waals surface area contributed by atoms with Crippen LogP contribution in [0.3, 0.4) is 0 Å². The maximum atomic E-state index is 11.7. The standard InChI is InChI=1S/C10H21N3O3S/c1-13(2)17(15,16)8-7-12-10(14)9-5-3-4-6-11-9/h9,11H,3-8H2,1-2H3,(H,12,14)/t9-/m0/s1. The lowest BCUT2D eigenvalue weighted by molar-refractivity contribution is -0.123. The fourth-order valence-corrected chi connectivity index (χ4v) is 2.41. The highest BCUT2D eigenvalue weighted by atomic mass is 32.2. The first kappa shape index (κ1) is 14.4. The summed E-state index contributed by atoms with van der Waals surface area (Å²) < 4.78 is 24.1. The Morgan fingerprint density at radius 3 is 2.65 bits per heavy atom. The molecule has 0 spiro atoms. The summed E-state index contributed by atoms with van der Waals surface area (Å²) in [5.41, 5.74) is 0. The van der Waals surface area contributed by atoms with E-state index in [1.54, 1.807) is 0 Å². The van der Waals surface area contributed by atoms with Gasteiger partial charge in [0.2, 0.25) is 15.9 Å². The Morgan fingerprint density at radius 2 is 2.12 bits per heavy atom. The van der Waals surface area contributed by atoms with Gasteiger partial charge in [-0.05, 0) is 19.4 Å². The average Bonchev–Trinajstić information content (AvgIpc) is 2.29. The molecule has 0 aliphatic carbocycles. The van der Waals surface area contributed by atoms with Crippen molar-refractivity contribution in [3.63, 3.8) is 0 Å². The number of hydrogen-bond donors (Lipinski definition) is 2. The smallest absolute Gasteiger partial charge is 0.237 e. The highest BCUT2D eigenvalue weighted by Crippen LogP contribution is 2.06. The zero-order valence-corrected chi connectivity index (χ0v) is 11.2. The number of carbonyl (C=O) groups is 1. The Morgan fingerprint density at radius 1 is 1.41 bits per heavy atom. The highest BCUT2D eigenvalue weighted by molar-refractivity contribution is 7.89. The Hall–Kier alpha value is -0.660. The predicted octanol–water partition coefficient (Wildman–Crippen LogP) is -0.864. The minimum Gasteiger partial charge on any atom is -0.354 e. The van der Waals surface area contributed by atoms with Crippen LogP contribution in [0.1, 0.15) is 19.3 Å². The second kappa shape index (κ2) is 6.32. The molecule has 1 amide bonds. The quantitative estimate of drug-likeness (QED) is 0.676. The van der Waals surface area contributed by atoms with Gasteiger partial charge in [0.05, 0.1) is 11.8 Å². The molecule has 7 heteroatoms. The van der Waals surface area contributed by atoms with Crippen LogP contribution < -0.4 is 10.6 Å². The molecule has 1 saturated heterocycles. The number of piperidine rings is 1. The molecule has 0 unspecified atom stereocenters. The lowest BCUT2D eigenvalue weighted by atomic mass is 10.0. The molecule has 6 nitrogen and oxygen atoms in total. The van der Waals surface area contributed by atoms with Gasteiger partial charge in [-0.1, -0.05) is 6.42 Å². The Bertz CT molecular complexity index is 348. The van der Waals surface area contributed by atoms with Gasteiger partial charge in [-0.3, -0.25) is 4.79 Å². The van der Waals surface area contributed by atoms with Gasteiger partial charge >= 0.3 is 0 Å². The average molecular weight is 263 g/mol. The molecule has 1 fully saturated rings. The van der Waals surface area contributed by atoms with E-state index in [9.17, 15) is 13.2 Å². The number of amides is 1. The van der Waals surface area contributed by atoms with E-state index in [1.165, 1.54) is 14.1 Å². The van der Waals surface area contributed by atoms with Crippen molar-refractivity contribution in [2.75, 3.05) is 32.9 Å². The van der Waals surface area contributed by atoms with Gasteiger partial charge in [-0.15, -0.1) is 0 Å². The third-order valence-electron chi connectivity index (χ3n) is 2.84. The lowest BCUT2D eigenvalue weighted by Crippen LogP contribution is -2.47. The first-order valence-electron chi connectivity index (χ1n) is 5.85. The number of rotatable bonds is 5. The second-order valence-corrected chi connectivity index (χ2v) is 6.69. The fourth-order valence-electron chi connectivity index (χ4n) is 1.68. The predicted molar refractivity (Wildman–Crippen MR) is 66.1 cm³/mol. The van der Waals surface area contributed by atoms with Crippen LogP contribution in [0, 0.1) is 0 Å². The molecule has 0 aromatic rings. The van der Waals surface area contributed by atoms with Gasteiger partial charge in [-0.25, -0.2) is 12.7 Å². The second-order valence-electron chi connectivity index (χ2n) is 4.39. The first-order chi connectivity index (χ1) is 7.93. The number of nitrogens with zero attached hydrogens (tertiary/aromatic N) is 1. The summed E-state index contributed by atoms with van der Waals surface area (Å²) in [5, 5.41) is 5.77. The topological polar surface area (TPSA) is 78.5 Å². The Kier molecular flexibility index (Phi) is 5.35. The van der Waals surface area contributed by atoms with Crippen molar-refractivity contribution in [3.05, 3.63) is 0 Å². The molecule has 0 radical (unpaired) electrons. The molecular formula is C10H21N3O3S. The molecular weight excluding hydrogens is 242 g/mol. The maximum absolute atomic E-state index is 11.7. The summed E-state index contributed by atoms with van der Waals surface area (Å²) in [5.74, 6) is -0.156. The number of nitrogens with one attached hydrogen (secondary N) is 2. The van der Waals surface area contributed by atoms with E-state index in [0.717, 1.165) is 30.1 Å². The van der Waals surface area contributed by atoms with Gasteiger partial charge in [-0.2, -0.15) is 0 Å². The van der Waals surface area contributed by atoms with E-state index in [0.29, 0.717) is 0 Å². The number of sulfonamides is 1. The normalized spacial score (nSPS) is 21.5. The van der Waals surface area contributed by atoms with Crippen LogP contribution in [-0.4, -0.2) is 57.6 Å². The molecule has 0 saturated carbocycles. The van der Waals surface area contributed by atoms with E-state index < -0.39 is 10.0 Å². The number of carbonyl (C=O) groups excluding carboxylic acids is 1. The van der Waals surface area contributed by atoms with Crippen molar-refractivity contribution in [3.8, 4) is 0 Å². The summed E-state index contributed by atoms with van der Waals surface area (Å²) in [7, 11) is -0.254. The van der Waals surface area contributed by atoms with Crippen LogP contribution in [0.4, 0.5) is 0 Å². The Labute approximate surface area is 103 Å². The minimum atomic E-state index is -3.23. The van der Waals surface area contributed by atoms with Crippen LogP contribution in [0.15, 0.2) is 0 Å². The molecule has 100 valence electrons. The van der Waals surface area contributed by atoms with Crippen molar-refractivity contribution in [1.82, 2.24) is 14.9 Å². The fraction of sp³-hybridized carbons (Fsp3) is 0.900. The lowest BCUT2D eigenvalue weighted by Gasteiger charge is -2.22. The van der Waals surface area contributed by atoms with Gasteiger partial charge in [0.25, 0.3) is 0 Å². The molecule has 17 heavy (non-hydrogen) atoms. The van der Waals surface area contributed by atoms with E-state index >= 15 is 0 Å². The van der Waals surface area contributed by atoms with Crippen LogP contribution in [0.5, 0.6) is 0 Å². The van der Waals surface area contributed by atoms with Crippen molar-refractivity contribution >= 4 is 15.9 Å². The number of hydrogen-bond acceptors (Lipinski definition) is 4. The molecule has 0 bridgehead atoms. The van der Waals surface area contributed by atoms with Crippen LogP contribution in [0.2, 0.25) is 0 Å². The summed E-state index contributed by atoms with van der Waals surface area (Å²) >= 11 is 0. The molecule has 2 N–H and O–H groups in total. The monoisotopic (exact) mass is 263 g/mol. The van der Waals surface area contributed by atoms with Crippen molar-refractivity contribution in [2.45, 2.75) is 25.3 Å². The Balaban J connectivity index is 2.29. The summed E-state index contributed by atoms with van der Waals surface area (Å²) in [6.07, 6.45) is 2.96. The SMILES string of the molecule is CN(C)S(=O)(=O)CCNC(=O)[C@@H]1CCCCN1. The van der Waals surface area contributed by atoms with Crippen molar-refractivity contribution in [1.29, 1.82) is 0 Å². The van der Waals surface area contributed by atoms with E-state index in [4.69, 9.17) is 0 Å². The molecule has 1 rings (SSSR count). The van der Waals surface area contributed by atoms with Gasteiger partial charge < -0.3 is 10.6 Å². The summed E-state index contributed by atoms with van der Waals surface area (Å²) in [6, 6.07) is -0.161. The van der Waals surface area contributed by atoms with Crippen LogP contribution in [0.25, 0.3) is 0 Å². The zero-order chi connectivity index (χ0) is 12.9. The zero-order valence-electron chi connectivity index (χ0n) is 10.4. The molecule has 1 aliphatic heterocycles. The molecule has 1 heterocycles. The van der Waals surface area contributed by atoms with Crippen molar-refractivity contribution in [2.24, 2.45) is 0 Å². The third-order valence-corrected chi connectivity index (χ3v) is 4.68. The van der Waals surface area contributed by atoms with E-state index in [-0.39, 0.29) is 24.2 Å². The van der Waals surface area contributed by atoms with Gasteiger partial charge in [0.1, 0.15) is 0 Å². The molecule has 1 atom stereocenters. The van der Waals surface area contributed by atoms with Crippen LogP contribution in [-0.2, 0) is 14.8 Å². The van der Waals surface area contributed by atoms with Crippen LogP contribution >= 0.6 is 0 Å². The van der Waals surface area contributed by atoms with E-state index in [1.807, 2.05) is 0 Å². The van der Waals surface area contributed by atoms with Crippen molar-refractivity contribution < 1.29 is 13.2 Å². The highest BCUT2D eigenvalue weighted by Gasteiger charge is 2.21. The maximum Gasteiger partial charge on any atom is 0.237 e. The molecule has 0 aromatic heterocycles. The van der Waals surface area contributed by atoms with Gasteiger partial charge in [0.15, 0.2) is 0 Å². The summed E-state index contributed by atoms with van der Waals surface area (Å²) in [6.45, 7) is 1.02. The first-order valence-corrected chi connectivity index (χ1v) is 7.46. The van der Waals surface area contributed by atoms with E-state index in [2.05, 4.69) is 10.6 Å². The summed E-state index contributed by atoms with van der Waals surface area (Å²) in [4.78, 5) is 11.7. The van der Waals surface area contributed by atoms with Gasteiger partial charge in [0, 0.05) is 20.6 Å². The third kappa shape index (κ3) is 4.61. The minimum absolute atomic E-state index is 0.0571.